The quantitative estimate of drug-likeness (QED) is 0.269. The van der Waals surface area contributed by atoms with Crippen molar-refractivity contribution in [1.82, 2.24) is 8.17 Å². The average Bonchev–Trinajstić information content (AvgIpc) is 3.20. The zero-order valence-corrected chi connectivity index (χ0v) is 16.2. The lowest BCUT2D eigenvalue weighted by molar-refractivity contribution is 1.39. The molecule has 0 unspecified atom stereocenters. The van der Waals surface area contributed by atoms with Gasteiger partial charge in [-0.25, -0.2) is 0 Å². The summed E-state index contributed by atoms with van der Waals surface area (Å²) in [5.41, 5.74) is 6.28. The van der Waals surface area contributed by atoms with Gasteiger partial charge in [0.15, 0.2) is 0 Å². The Labute approximate surface area is 171 Å². The molecule has 2 aromatic heterocycles. The Morgan fingerprint density at radius 3 is 1.29 bits per heavy atom. The number of para-hydroxylation sites is 2. The topological polar surface area (TPSA) is 9.86 Å². The molecule has 0 aliphatic carbocycles. The van der Waals surface area contributed by atoms with Crippen LogP contribution >= 0.6 is 23.6 Å². The predicted octanol–water partition coefficient (Wildman–Crippen LogP) is 7.57. The smallest absolute Gasteiger partial charge is 0.0667 e. The van der Waals surface area contributed by atoms with Crippen molar-refractivity contribution in [2.45, 2.75) is 0 Å². The second-order valence-corrected chi connectivity index (χ2v) is 7.74. The highest BCUT2D eigenvalue weighted by Gasteiger charge is 2.13. The van der Waals surface area contributed by atoms with Crippen LogP contribution in [-0.2, 0) is 0 Å². The normalized spacial score (nSPS) is 11.9. The summed E-state index contributed by atoms with van der Waals surface area (Å²) in [7, 11) is 0. The van der Waals surface area contributed by atoms with E-state index in [-0.39, 0.29) is 0 Å². The van der Waals surface area contributed by atoms with Gasteiger partial charge >= 0.3 is 0 Å². The summed E-state index contributed by atoms with van der Waals surface area (Å²) in [4.78, 5) is 0. The molecule has 0 radical (unpaired) electrons. The SMILES string of the molecule is Cln1c2ccccc2c2ccc(-c3ccc4c5ccccc5n(Cl)c4c3)cc21. The molecule has 6 aromatic rings. The van der Waals surface area contributed by atoms with Crippen molar-refractivity contribution in [2.75, 3.05) is 0 Å². The first-order chi connectivity index (χ1) is 13.7. The van der Waals surface area contributed by atoms with E-state index in [1.807, 2.05) is 36.4 Å². The molecule has 2 nitrogen and oxygen atoms in total. The molecule has 0 atom stereocenters. The van der Waals surface area contributed by atoms with Crippen molar-refractivity contribution in [1.29, 1.82) is 0 Å². The molecule has 2 heterocycles. The van der Waals surface area contributed by atoms with E-state index >= 15 is 0 Å². The molecule has 0 saturated carbocycles. The fourth-order valence-electron chi connectivity index (χ4n) is 4.21. The highest BCUT2D eigenvalue weighted by atomic mass is 35.5. The van der Waals surface area contributed by atoms with Crippen LogP contribution in [0, 0.1) is 0 Å². The van der Waals surface area contributed by atoms with E-state index in [1.54, 1.807) is 8.17 Å². The minimum absolute atomic E-state index is 1.01. The molecule has 0 bridgehead atoms. The van der Waals surface area contributed by atoms with Gasteiger partial charge in [-0.15, -0.1) is 0 Å². The minimum Gasteiger partial charge on any atom is -0.252 e. The second kappa shape index (κ2) is 5.78. The zero-order chi connectivity index (χ0) is 18.8. The zero-order valence-electron chi connectivity index (χ0n) is 14.7. The van der Waals surface area contributed by atoms with Gasteiger partial charge in [0.25, 0.3) is 0 Å². The van der Waals surface area contributed by atoms with E-state index in [2.05, 4.69) is 48.5 Å². The van der Waals surface area contributed by atoms with Crippen LogP contribution in [0.4, 0.5) is 0 Å². The molecule has 0 N–H and O–H groups in total. The van der Waals surface area contributed by atoms with Crippen molar-refractivity contribution < 1.29 is 0 Å². The third kappa shape index (κ3) is 2.10. The maximum absolute atomic E-state index is 6.61. The number of aromatic nitrogens is 2. The third-order valence-corrected chi connectivity index (χ3v) is 6.29. The van der Waals surface area contributed by atoms with E-state index in [1.165, 1.54) is 0 Å². The third-order valence-electron chi connectivity index (χ3n) is 5.56. The van der Waals surface area contributed by atoms with Crippen LogP contribution in [0.3, 0.4) is 0 Å². The Morgan fingerprint density at radius 2 is 0.821 bits per heavy atom. The number of rotatable bonds is 1. The monoisotopic (exact) mass is 400 g/mol. The number of benzene rings is 4. The Morgan fingerprint density at radius 1 is 0.429 bits per heavy atom. The minimum atomic E-state index is 1.01. The number of fused-ring (bicyclic) bond motifs is 6. The van der Waals surface area contributed by atoms with Crippen LogP contribution in [0.2, 0.25) is 0 Å². The van der Waals surface area contributed by atoms with E-state index in [4.69, 9.17) is 23.6 Å². The first-order valence-corrected chi connectivity index (χ1v) is 9.79. The van der Waals surface area contributed by atoms with Crippen molar-refractivity contribution in [3.8, 4) is 11.1 Å². The molecule has 28 heavy (non-hydrogen) atoms. The summed E-state index contributed by atoms with van der Waals surface area (Å²) in [5.74, 6) is 0. The van der Waals surface area contributed by atoms with Gasteiger partial charge in [0.05, 0.1) is 22.1 Å². The summed E-state index contributed by atoms with van der Waals surface area (Å²) in [6.45, 7) is 0. The van der Waals surface area contributed by atoms with Gasteiger partial charge in [-0.3, -0.25) is 8.17 Å². The maximum atomic E-state index is 6.61. The molecule has 4 heteroatoms. The Bertz CT molecular complexity index is 1420. The second-order valence-electron chi connectivity index (χ2n) is 7.06. The predicted molar refractivity (Wildman–Crippen MR) is 120 cm³/mol. The van der Waals surface area contributed by atoms with E-state index < -0.39 is 0 Å². The van der Waals surface area contributed by atoms with Crippen LogP contribution in [0.5, 0.6) is 0 Å². The first kappa shape index (κ1) is 16.1. The van der Waals surface area contributed by atoms with Gasteiger partial charge in [0.1, 0.15) is 0 Å². The fourth-order valence-corrected chi connectivity index (χ4v) is 4.78. The molecule has 0 spiro atoms. The van der Waals surface area contributed by atoms with Crippen molar-refractivity contribution in [3.63, 3.8) is 0 Å². The Balaban J connectivity index is 1.61. The van der Waals surface area contributed by atoms with E-state index in [0.717, 1.165) is 54.7 Å². The number of hydrogen-bond donors (Lipinski definition) is 0. The van der Waals surface area contributed by atoms with E-state index in [0.29, 0.717) is 0 Å². The van der Waals surface area contributed by atoms with Gasteiger partial charge in [-0.1, -0.05) is 60.7 Å². The van der Waals surface area contributed by atoms with Crippen LogP contribution in [0.15, 0.2) is 84.9 Å². The summed E-state index contributed by atoms with van der Waals surface area (Å²) >= 11 is 13.2. The highest BCUT2D eigenvalue weighted by molar-refractivity contribution is 6.27. The molecule has 0 amide bonds. The Kier molecular flexibility index (Phi) is 3.31. The van der Waals surface area contributed by atoms with Gasteiger partial charge in [0.2, 0.25) is 0 Å². The lowest BCUT2D eigenvalue weighted by Gasteiger charge is -2.04. The van der Waals surface area contributed by atoms with Crippen molar-refractivity contribution in [3.05, 3.63) is 84.9 Å². The first-order valence-electron chi connectivity index (χ1n) is 9.11. The lowest BCUT2D eigenvalue weighted by Crippen LogP contribution is -1.83. The summed E-state index contributed by atoms with van der Waals surface area (Å²) in [6.07, 6.45) is 0. The average molecular weight is 401 g/mol. The van der Waals surface area contributed by atoms with Crippen LogP contribution in [0.25, 0.3) is 54.7 Å². The molecular formula is C24H14Cl2N2. The molecular weight excluding hydrogens is 387 g/mol. The van der Waals surface area contributed by atoms with Crippen molar-refractivity contribution in [2.24, 2.45) is 0 Å². The van der Waals surface area contributed by atoms with E-state index in [9.17, 15) is 0 Å². The molecule has 0 aliphatic rings. The van der Waals surface area contributed by atoms with Crippen LogP contribution in [-0.4, -0.2) is 8.17 Å². The van der Waals surface area contributed by atoms with Gasteiger partial charge < -0.3 is 0 Å². The maximum Gasteiger partial charge on any atom is 0.0667 e. The number of halogens is 2. The Hall–Kier alpha value is -2.94. The van der Waals surface area contributed by atoms with Gasteiger partial charge in [-0.05, 0) is 35.4 Å². The number of nitrogens with zero attached hydrogens (tertiary/aromatic N) is 2. The molecule has 0 saturated heterocycles. The number of hydrogen-bond acceptors (Lipinski definition) is 0. The fraction of sp³-hybridized carbons (Fsp3) is 0. The summed E-state index contributed by atoms with van der Waals surface area (Å²) in [6, 6.07) is 29.3. The molecule has 0 fully saturated rings. The largest absolute Gasteiger partial charge is 0.252 e. The molecule has 4 aromatic carbocycles. The molecule has 0 aliphatic heterocycles. The lowest BCUT2D eigenvalue weighted by atomic mass is 10.0. The van der Waals surface area contributed by atoms with Gasteiger partial charge in [0, 0.05) is 45.1 Å². The molecule has 6 rings (SSSR count). The van der Waals surface area contributed by atoms with Crippen molar-refractivity contribution >= 4 is 67.2 Å². The summed E-state index contributed by atoms with van der Waals surface area (Å²) < 4.78 is 3.48. The van der Waals surface area contributed by atoms with Crippen LogP contribution in [0.1, 0.15) is 0 Å². The standard InChI is InChI=1S/C24H14Cl2N2/c25-27-21-7-3-1-5-17(21)19-11-9-15(13-23(19)27)16-10-12-20-18-6-2-4-8-22(18)28(26)24(20)14-16/h1-14H. The van der Waals surface area contributed by atoms with Crippen LogP contribution < -0.4 is 0 Å². The summed E-state index contributed by atoms with van der Waals surface area (Å²) in [5, 5.41) is 4.63. The molecule has 134 valence electrons. The van der Waals surface area contributed by atoms with Gasteiger partial charge in [-0.2, -0.15) is 0 Å². The highest BCUT2D eigenvalue weighted by Crippen LogP contribution is 2.36.